The number of hydrogen-bond donors (Lipinski definition) is 2. The molecule has 3 heterocycles. The molecule has 11 nitrogen and oxygen atoms in total. The lowest BCUT2D eigenvalue weighted by Crippen LogP contribution is -2.30. The maximum Gasteiger partial charge on any atom is 0.439 e. The van der Waals surface area contributed by atoms with Gasteiger partial charge in [0.2, 0.25) is 5.92 Å². The van der Waals surface area contributed by atoms with Gasteiger partial charge in [0.05, 0.1) is 27.2 Å². The van der Waals surface area contributed by atoms with Crippen LogP contribution >= 0.6 is 0 Å². The number of rotatable bonds is 5. The van der Waals surface area contributed by atoms with E-state index in [-0.39, 0.29) is 54.3 Å². The second-order valence-electron chi connectivity index (χ2n) is 9.13. The number of benzene rings is 1. The molecule has 1 fully saturated rings. The summed E-state index contributed by atoms with van der Waals surface area (Å²) >= 11 is 0. The highest BCUT2D eigenvalue weighted by Gasteiger charge is 2.34. The molecule has 1 unspecified atom stereocenters. The van der Waals surface area contributed by atoms with E-state index in [0.717, 1.165) is 0 Å². The smallest absolute Gasteiger partial charge is 0.439 e. The number of hydrogen-bond acceptors (Lipinski definition) is 7. The normalized spacial score (nSPS) is 16.8. The number of alkyl halides is 2. The van der Waals surface area contributed by atoms with E-state index < -0.39 is 27.7 Å². The van der Waals surface area contributed by atoms with Crippen LogP contribution in [0.1, 0.15) is 35.2 Å². The van der Waals surface area contributed by atoms with Crippen molar-refractivity contribution in [3.8, 4) is 11.3 Å². The third kappa shape index (κ3) is 5.96. The maximum absolute atomic E-state index is 14.1. The van der Waals surface area contributed by atoms with E-state index >= 15 is 0 Å². The van der Waals surface area contributed by atoms with Gasteiger partial charge >= 0.3 is 6.09 Å². The van der Waals surface area contributed by atoms with E-state index in [1.165, 1.54) is 24.5 Å². The molecule has 1 atom stereocenters. The molecule has 0 spiro atoms. The van der Waals surface area contributed by atoms with E-state index in [0.29, 0.717) is 16.8 Å². The van der Waals surface area contributed by atoms with E-state index in [4.69, 9.17) is 5.11 Å². The third-order valence-corrected chi connectivity index (χ3v) is 7.84. The first-order chi connectivity index (χ1) is 17.9. The molecule has 0 aliphatic carbocycles. The van der Waals surface area contributed by atoms with Gasteiger partial charge in [-0.15, -0.1) is 14.6 Å². The summed E-state index contributed by atoms with van der Waals surface area (Å²) in [6.45, 7) is 1.97. The topological polar surface area (TPSA) is 143 Å². The summed E-state index contributed by atoms with van der Waals surface area (Å²) in [5.74, 6) is -3.20. The molecular formula is C24H27F2N7O4S. The van der Waals surface area contributed by atoms with Gasteiger partial charge < -0.3 is 15.3 Å². The first-order valence-electron chi connectivity index (χ1n) is 11.7. The number of carboxylic acid groups (broad SMARTS) is 1. The Labute approximate surface area is 218 Å². The summed E-state index contributed by atoms with van der Waals surface area (Å²) in [5, 5.41) is 24.4. The molecule has 0 bridgehead atoms. The monoisotopic (exact) mass is 547 g/mol. The molecule has 0 radical (unpaired) electrons. The zero-order valence-corrected chi connectivity index (χ0v) is 21.8. The predicted molar refractivity (Wildman–Crippen MR) is 137 cm³/mol. The van der Waals surface area contributed by atoms with Gasteiger partial charge in [-0.1, -0.05) is 6.07 Å². The Morgan fingerprint density at radius 1 is 1.21 bits per heavy atom. The molecule has 4 rings (SSSR count). The van der Waals surface area contributed by atoms with Gasteiger partial charge in [-0.05, 0) is 37.1 Å². The summed E-state index contributed by atoms with van der Waals surface area (Å²) in [6.07, 6.45) is 2.51. The fraction of sp³-hybridized carbons (Fsp3) is 0.375. The SMILES string of the molecule is Cc1c(-c2cnn(C)c2)nnc(N2CCCC(F)(F)CC2)c1C(=O)Nc1cccc(S(C)(=O)=NC(=O)O)c1. The minimum atomic E-state index is -3.26. The van der Waals surface area contributed by atoms with Crippen LogP contribution in [0, 0.1) is 6.92 Å². The van der Waals surface area contributed by atoms with Crippen LogP contribution in [0.5, 0.6) is 0 Å². The Balaban J connectivity index is 1.76. The molecule has 1 saturated heterocycles. The van der Waals surface area contributed by atoms with Gasteiger partial charge in [0.25, 0.3) is 5.91 Å². The molecule has 2 N–H and O–H groups in total. The number of nitrogens with zero attached hydrogens (tertiary/aromatic N) is 6. The zero-order valence-electron chi connectivity index (χ0n) is 21.0. The minimum absolute atomic E-state index is 0.00227. The highest BCUT2D eigenvalue weighted by atomic mass is 32.2. The first-order valence-corrected chi connectivity index (χ1v) is 13.6. The van der Waals surface area contributed by atoms with Crippen molar-refractivity contribution in [3.05, 3.63) is 47.8 Å². The average Bonchev–Trinajstić information content (AvgIpc) is 3.17. The molecule has 14 heteroatoms. The summed E-state index contributed by atoms with van der Waals surface area (Å²) in [6, 6.07) is 5.90. The molecule has 0 saturated carbocycles. The van der Waals surface area contributed by atoms with Crippen LogP contribution in [-0.2, 0) is 16.8 Å². The summed E-state index contributed by atoms with van der Waals surface area (Å²) < 4.78 is 45.7. The molecule has 202 valence electrons. The highest BCUT2D eigenvalue weighted by molar-refractivity contribution is 7.93. The average molecular weight is 548 g/mol. The van der Waals surface area contributed by atoms with Gasteiger partial charge in [-0.3, -0.25) is 9.48 Å². The fourth-order valence-electron chi connectivity index (χ4n) is 4.30. The zero-order chi connectivity index (χ0) is 27.7. The number of carbonyl (C=O) groups is 2. The fourth-order valence-corrected chi connectivity index (χ4v) is 5.38. The Morgan fingerprint density at radius 2 is 1.97 bits per heavy atom. The Hall–Kier alpha value is -3.94. The highest BCUT2D eigenvalue weighted by Crippen LogP contribution is 2.33. The standard InChI is InChI=1S/C24H27F2N7O4S/c1-15-19(22(34)28-17-6-4-7-18(12-17)38(3,37)31-23(35)36)21(33-10-5-8-24(25,26)9-11-33)30-29-20(15)16-13-27-32(2)14-16/h4,6-7,12-14H,5,8-11H2,1-3H3,(H,28,34)(H,35,36). The van der Waals surface area contributed by atoms with Crippen LogP contribution in [0.4, 0.5) is 25.1 Å². The van der Waals surface area contributed by atoms with Crippen LogP contribution in [0.25, 0.3) is 11.3 Å². The second kappa shape index (κ2) is 10.4. The molecular weight excluding hydrogens is 520 g/mol. The molecule has 1 aromatic carbocycles. The van der Waals surface area contributed by atoms with Crippen LogP contribution in [0.3, 0.4) is 0 Å². The van der Waals surface area contributed by atoms with Crippen molar-refractivity contribution in [1.82, 2.24) is 20.0 Å². The van der Waals surface area contributed by atoms with Crippen LogP contribution in [0.15, 0.2) is 45.9 Å². The van der Waals surface area contributed by atoms with Crippen molar-refractivity contribution in [1.29, 1.82) is 0 Å². The van der Waals surface area contributed by atoms with Gasteiger partial charge in [0.15, 0.2) is 5.82 Å². The Kier molecular flexibility index (Phi) is 7.44. The number of nitrogens with one attached hydrogen (secondary N) is 1. The van der Waals surface area contributed by atoms with Crippen molar-refractivity contribution in [2.45, 2.75) is 37.0 Å². The first kappa shape index (κ1) is 27.1. The number of amides is 2. The number of aryl methyl sites for hydroxylation is 1. The van der Waals surface area contributed by atoms with Crippen molar-refractivity contribution >= 4 is 33.2 Å². The van der Waals surface area contributed by atoms with E-state index in [2.05, 4.69) is 25.0 Å². The summed E-state index contributed by atoms with van der Waals surface area (Å²) in [7, 11) is -1.52. The summed E-state index contributed by atoms with van der Waals surface area (Å²) in [4.78, 5) is 26.4. The third-order valence-electron chi connectivity index (χ3n) is 6.20. The molecule has 2 amide bonds. The number of anilines is 2. The van der Waals surface area contributed by atoms with Crippen LogP contribution in [0.2, 0.25) is 0 Å². The maximum atomic E-state index is 14.1. The number of carbonyl (C=O) groups excluding carboxylic acids is 1. The summed E-state index contributed by atoms with van der Waals surface area (Å²) in [5.41, 5.74) is 1.92. The van der Waals surface area contributed by atoms with Crippen molar-refractivity contribution in [2.75, 3.05) is 29.6 Å². The lowest BCUT2D eigenvalue weighted by Gasteiger charge is -2.25. The van der Waals surface area contributed by atoms with Crippen molar-refractivity contribution in [3.63, 3.8) is 0 Å². The van der Waals surface area contributed by atoms with Crippen molar-refractivity contribution < 1.29 is 27.7 Å². The van der Waals surface area contributed by atoms with E-state index in [1.807, 2.05) is 0 Å². The van der Waals surface area contributed by atoms with Crippen molar-refractivity contribution in [2.24, 2.45) is 11.4 Å². The largest absolute Gasteiger partial charge is 0.463 e. The van der Waals surface area contributed by atoms with Gasteiger partial charge in [-0.2, -0.15) is 5.10 Å². The van der Waals surface area contributed by atoms with Gasteiger partial charge in [0.1, 0.15) is 0 Å². The molecule has 1 aliphatic rings. The van der Waals surface area contributed by atoms with Gasteiger partial charge in [0, 0.05) is 61.6 Å². The quantitative estimate of drug-likeness (QED) is 0.484. The Morgan fingerprint density at radius 3 is 2.66 bits per heavy atom. The van der Waals surface area contributed by atoms with Gasteiger partial charge in [-0.25, -0.2) is 17.8 Å². The number of aromatic nitrogens is 4. The molecule has 38 heavy (non-hydrogen) atoms. The molecule has 2 aromatic heterocycles. The predicted octanol–water partition coefficient (Wildman–Crippen LogP) is 4.20. The minimum Gasteiger partial charge on any atom is -0.463 e. The molecule has 1 aliphatic heterocycles. The molecule has 3 aromatic rings. The lowest BCUT2D eigenvalue weighted by molar-refractivity contribution is -0.0102. The van der Waals surface area contributed by atoms with E-state index in [1.54, 1.807) is 42.0 Å². The second-order valence-corrected chi connectivity index (χ2v) is 11.4. The Bertz CT molecular complexity index is 1520. The van der Waals surface area contributed by atoms with E-state index in [9.17, 15) is 22.6 Å². The lowest BCUT2D eigenvalue weighted by atomic mass is 10.0. The number of halogens is 2. The van der Waals surface area contributed by atoms with Crippen LogP contribution in [-0.4, -0.2) is 66.6 Å². The van der Waals surface area contributed by atoms with Crippen LogP contribution < -0.4 is 10.2 Å².